The van der Waals surface area contributed by atoms with Crippen molar-refractivity contribution in [2.45, 2.75) is 25.0 Å². The van der Waals surface area contributed by atoms with E-state index in [-0.39, 0.29) is 30.2 Å². The summed E-state index contributed by atoms with van der Waals surface area (Å²) in [5.41, 5.74) is 2.68. The molecule has 1 aliphatic rings. The van der Waals surface area contributed by atoms with E-state index in [2.05, 4.69) is 15.6 Å². The van der Waals surface area contributed by atoms with Crippen molar-refractivity contribution in [2.75, 3.05) is 13.1 Å². The molecule has 0 aliphatic carbocycles. The van der Waals surface area contributed by atoms with Crippen LogP contribution in [0.2, 0.25) is 0 Å². The van der Waals surface area contributed by atoms with E-state index in [4.69, 9.17) is 0 Å². The summed E-state index contributed by atoms with van der Waals surface area (Å²) in [6, 6.07) is 9.92. The SMILES string of the molecule is CC(C(=O)N[C@H]1CNC[C@@H]1O)c1c(-c2ccc(F)cc2)[nH]c2ccc(F)cc12.Cl. The van der Waals surface area contributed by atoms with Gasteiger partial charge in [-0.05, 0) is 60.5 Å². The number of aliphatic hydroxyl groups excluding tert-OH is 1. The number of carbonyl (C=O) groups is 1. The van der Waals surface area contributed by atoms with Crippen LogP contribution in [0.5, 0.6) is 0 Å². The summed E-state index contributed by atoms with van der Waals surface area (Å²) in [6.45, 7) is 2.66. The summed E-state index contributed by atoms with van der Waals surface area (Å²) in [6.07, 6.45) is -0.645. The zero-order chi connectivity index (χ0) is 19.8. The number of amides is 1. The minimum atomic E-state index is -0.645. The van der Waals surface area contributed by atoms with E-state index in [9.17, 15) is 18.7 Å². The van der Waals surface area contributed by atoms with E-state index >= 15 is 0 Å². The van der Waals surface area contributed by atoms with Gasteiger partial charge >= 0.3 is 0 Å². The Bertz CT molecular complexity index is 1020. The van der Waals surface area contributed by atoms with Crippen LogP contribution in [0, 0.1) is 11.6 Å². The Labute approximate surface area is 172 Å². The van der Waals surface area contributed by atoms with Crippen LogP contribution in [0.1, 0.15) is 18.4 Å². The normalized spacial score (nSPS) is 19.7. The molecule has 1 saturated heterocycles. The third kappa shape index (κ3) is 4.12. The zero-order valence-electron chi connectivity index (χ0n) is 15.7. The van der Waals surface area contributed by atoms with Crippen molar-refractivity contribution in [3.63, 3.8) is 0 Å². The number of H-pyrrole nitrogens is 1. The van der Waals surface area contributed by atoms with Gasteiger partial charge in [0.2, 0.25) is 5.91 Å². The van der Waals surface area contributed by atoms with Gasteiger partial charge in [0.25, 0.3) is 0 Å². The predicted octanol–water partition coefficient (Wildman–Crippen LogP) is 3.09. The van der Waals surface area contributed by atoms with Crippen LogP contribution in [0.25, 0.3) is 22.2 Å². The molecule has 8 heteroatoms. The predicted molar refractivity (Wildman–Crippen MR) is 110 cm³/mol. The lowest BCUT2D eigenvalue weighted by molar-refractivity contribution is -0.123. The molecule has 2 heterocycles. The summed E-state index contributed by atoms with van der Waals surface area (Å²) in [5, 5.41) is 16.4. The van der Waals surface area contributed by atoms with Crippen molar-refractivity contribution in [1.29, 1.82) is 0 Å². The van der Waals surface area contributed by atoms with E-state index in [0.717, 1.165) is 0 Å². The van der Waals surface area contributed by atoms with Crippen molar-refractivity contribution < 1.29 is 18.7 Å². The van der Waals surface area contributed by atoms with Gasteiger partial charge in [-0.15, -0.1) is 12.4 Å². The number of rotatable bonds is 4. The van der Waals surface area contributed by atoms with Crippen molar-refractivity contribution >= 4 is 29.2 Å². The maximum Gasteiger partial charge on any atom is 0.227 e. The van der Waals surface area contributed by atoms with E-state index in [1.165, 1.54) is 24.3 Å². The van der Waals surface area contributed by atoms with Gasteiger partial charge in [0.1, 0.15) is 11.6 Å². The Kier molecular flexibility index (Phi) is 6.21. The number of hydrogen-bond acceptors (Lipinski definition) is 3. The number of nitrogens with one attached hydrogen (secondary N) is 3. The molecule has 0 radical (unpaired) electrons. The first-order chi connectivity index (χ1) is 13.4. The molecule has 0 bridgehead atoms. The Morgan fingerprint density at radius 2 is 1.83 bits per heavy atom. The fourth-order valence-corrected chi connectivity index (χ4v) is 3.73. The maximum absolute atomic E-state index is 13.9. The number of carbonyl (C=O) groups excluding carboxylic acids is 1. The maximum atomic E-state index is 13.9. The van der Waals surface area contributed by atoms with Gasteiger partial charge < -0.3 is 20.7 Å². The molecular weight excluding hydrogens is 400 g/mol. The van der Waals surface area contributed by atoms with Gasteiger partial charge in [0.15, 0.2) is 0 Å². The molecule has 2 aromatic carbocycles. The molecule has 1 unspecified atom stereocenters. The number of aromatic nitrogens is 1. The Morgan fingerprint density at radius 3 is 2.48 bits per heavy atom. The highest BCUT2D eigenvalue weighted by Gasteiger charge is 2.30. The van der Waals surface area contributed by atoms with Crippen molar-refractivity contribution in [1.82, 2.24) is 15.6 Å². The van der Waals surface area contributed by atoms with Crippen LogP contribution < -0.4 is 10.6 Å². The lowest BCUT2D eigenvalue weighted by Crippen LogP contribution is -2.44. The fourth-order valence-electron chi connectivity index (χ4n) is 3.73. The molecule has 154 valence electrons. The number of benzene rings is 2. The first-order valence-corrected chi connectivity index (χ1v) is 9.20. The lowest BCUT2D eigenvalue weighted by Gasteiger charge is -2.20. The molecule has 4 rings (SSSR count). The van der Waals surface area contributed by atoms with Crippen molar-refractivity contribution in [2.24, 2.45) is 0 Å². The quantitative estimate of drug-likeness (QED) is 0.523. The number of aromatic amines is 1. The van der Waals surface area contributed by atoms with E-state index < -0.39 is 17.8 Å². The molecule has 1 aromatic heterocycles. The average Bonchev–Trinajstić information content (AvgIpc) is 3.25. The Balaban J connectivity index is 0.00000240. The second-order valence-electron chi connectivity index (χ2n) is 7.17. The lowest BCUT2D eigenvalue weighted by atomic mass is 9.93. The molecule has 3 atom stereocenters. The molecule has 0 saturated carbocycles. The van der Waals surface area contributed by atoms with Gasteiger partial charge in [-0.25, -0.2) is 8.78 Å². The second kappa shape index (κ2) is 8.49. The molecule has 3 aromatic rings. The van der Waals surface area contributed by atoms with E-state index in [1.807, 2.05) is 0 Å². The molecular formula is C21H22ClF2N3O2. The van der Waals surface area contributed by atoms with Crippen LogP contribution in [0.4, 0.5) is 8.78 Å². The number of β-amino-alcohol motifs (C(OH)–C–C–N with tert-alkyl or cyclic N) is 1. The standard InChI is InChI=1S/C21H21F2N3O2.ClH/c1-11(21(28)26-17-9-24-10-18(17)27)19-15-8-14(23)6-7-16(15)25-20(19)12-2-4-13(22)5-3-12;/h2-8,11,17-18,24-25,27H,9-10H2,1H3,(H,26,28);1H/t11?,17-,18-;/m0./s1. The monoisotopic (exact) mass is 421 g/mol. The number of fused-ring (bicyclic) bond motifs is 1. The van der Waals surface area contributed by atoms with Crippen LogP contribution in [-0.2, 0) is 4.79 Å². The van der Waals surface area contributed by atoms with Gasteiger partial charge in [-0.1, -0.05) is 0 Å². The van der Waals surface area contributed by atoms with Crippen molar-refractivity contribution in [3.05, 3.63) is 59.7 Å². The van der Waals surface area contributed by atoms with Crippen LogP contribution in [-0.4, -0.2) is 41.2 Å². The summed E-state index contributed by atoms with van der Waals surface area (Å²) < 4.78 is 27.3. The Morgan fingerprint density at radius 1 is 1.14 bits per heavy atom. The van der Waals surface area contributed by atoms with Gasteiger partial charge in [0, 0.05) is 24.0 Å². The second-order valence-corrected chi connectivity index (χ2v) is 7.17. The molecule has 29 heavy (non-hydrogen) atoms. The number of hydrogen-bond donors (Lipinski definition) is 4. The van der Waals surface area contributed by atoms with E-state index in [1.54, 1.807) is 25.1 Å². The summed E-state index contributed by atoms with van der Waals surface area (Å²) in [7, 11) is 0. The molecule has 1 aliphatic heterocycles. The average molecular weight is 422 g/mol. The first kappa shape index (κ1) is 21.2. The largest absolute Gasteiger partial charge is 0.390 e. The Hall–Kier alpha value is -2.48. The minimum absolute atomic E-state index is 0. The minimum Gasteiger partial charge on any atom is -0.390 e. The highest BCUT2D eigenvalue weighted by atomic mass is 35.5. The fraction of sp³-hybridized carbons (Fsp3) is 0.286. The van der Waals surface area contributed by atoms with Gasteiger partial charge in [0.05, 0.1) is 23.8 Å². The summed E-state index contributed by atoms with van der Waals surface area (Å²) >= 11 is 0. The molecule has 1 amide bonds. The summed E-state index contributed by atoms with van der Waals surface area (Å²) in [5.74, 6) is -1.63. The first-order valence-electron chi connectivity index (χ1n) is 9.20. The number of aliphatic hydroxyl groups is 1. The van der Waals surface area contributed by atoms with Crippen LogP contribution >= 0.6 is 12.4 Å². The third-order valence-corrected chi connectivity index (χ3v) is 5.27. The van der Waals surface area contributed by atoms with Gasteiger partial charge in [-0.3, -0.25) is 4.79 Å². The van der Waals surface area contributed by atoms with Gasteiger partial charge in [-0.2, -0.15) is 0 Å². The smallest absolute Gasteiger partial charge is 0.227 e. The molecule has 0 spiro atoms. The number of halogens is 3. The third-order valence-electron chi connectivity index (χ3n) is 5.27. The topological polar surface area (TPSA) is 77.2 Å². The van der Waals surface area contributed by atoms with Crippen molar-refractivity contribution in [3.8, 4) is 11.3 Å². The molecule has 5 nitrogen and oxygen atoms in total. The molecule has 4 N–H and O–H groups in total. The van der Waals surface area contributed by atoms with E-state index in [0.29, 0.717) is 40.8 Å². The summed E-state index contributed by atoms with van der Waals surface area (Å²) in [4.78, 5) is 16.1. The van der Waals surface area contributed by atoms with Crippen LogP contribution in [0.15, 0.2) is 42.5 Å². The highest BCUT2D eigenvalue weighted by molar-refractivity contribution is 5.97. The highest BCUT2D eigenvalue weighted by Crippen LogP contribution is 2.36. The molecule has 1 fully saturated rings. The zero-order valence-corrected chi connectivity index (χ0v) is 16.5. The van der Waals surface area contributed by atoms with Crippen LogP contribution in [0.3, 0.4) is 0 Å².